The second-order valence-electron chi connectivity index (χ2n) is 7.60. The van der Waals surface area contributed by atoms with Crippen LogP contribution in [0, 0.1) is 12.8 Å². The summed E-state index contributed by atoms with van der Waals surface area (Å²) in [6.45, 7) is 8.20. The quantitative estimate of drug-likeness (QED) is 0.334. The van der Waals surface area contributed by atoms with Gasteiger partial charge in [0.2, 0.25) is 5.91 Å². The van der Waals surface area contributed by atoms with Crippen LogP contribution in [0.2, 0.25) is 0 Å². The van der Waals surface area contributed by atoms with E-state index >= 15 is 0 Å². The standard InChI is InChI=1S/C21H24N4O3S2/c1-4-8-25-20(27)18-14-6-5-12(2)10-15(14)30-19(18)23-21(25)29-9-7-17(26)22-16-11-13(3)28-24-16/h4,11-12H,1,5-10H2,2-3H3,(H,22,24,26). The Labute approximate surface area is 182 Å². The molecule has 3 aromatic rings. The number of carbonyl (C=O) groups is 1. The van der Waals surface area contributed by atoms with Gasteiger partial charge < -0.3 is 9.84 Å². The van der Waals surface area contributed by atoms with Gasteiger partial charge >= 0.3 is 0 Å². The molecule has 0 radical (unpaired) electrons. The predicted molar refractivity (Wildman–Crippen MR) is 120 cm³/mol. The molecular weight excluding hydrogens is 420 g/mol. The molecule has 0 aromatic carbocycles. The second-order valence-corrected chi connectivity index (χ2v) is 9.75. The molecule has 1 N–H and O–H groups in total. The van der Waals surface area contributed by atoms with Crippen molar-refractivity contribution in [2.75, 3.05) is 11.1 Å². The van der Waals surface area contributed by atoms with Crippen molar-refractivity contribution in [1.82, 2.24) is 14.7 Å². The van der Waals surface area contributed by atoms with E-state index in [1.807, 2.05) is 0 Å². The van der Waals surface area contributed by atoms with Crippen LogP contribution in [0.4, 0.5) is 5.82 Å². The molecule has 1 aliphatic rings. The maximum Gasteiger partial charge on any atom is 0.263 e. The van der Waals surface area contributed by atoms with Crippen molar-refractivity contribution in [3.05, 3.63) is 45.3 Å². The van der Waals surface area contributed by atoms with Crippen molar-refractivity contribution in [1.29, 1.82) is 0 Å². The lowest BCUT2D eigenvalue weighted by Gasteiger charge is -2.17. The van der Waals surface area contributed by atoms with Gasteiger partial charge in [-0.25, -0.2) is 4.98 Å². The smallest absolute Gasteiger partial charge is 0.263 e. The number of allylic oxidation sites excluding steroid dienone is 1. The molecule has 0 spiro atoms. The van der Waals surface area contributed by atoms with Gasteiger partial charge in [0.15, 0.2) is 11.0 Å². The summed E-state index contributed by atoms with van der Waals surface area (Å²) >= 11 is 3.05. The average molecular weight is 445 g/mol. The van der Waals surface area contributed by atoms with E-state index in [0.717, 1.165) is 29.5 Å². The topological polar surface area (TPSA) is 90.0 Å². The van der Waals surface area contributed by atoms with E-state index < -0.39 is 0 Å². The van der Waals surface area contributed by atoms with Gasteiger partial charge in [-0.1, -0.05) is 29.9 Å². The average Bonchev–Trinajstić information content (AvgIpc) is 3.26. The molecule has 1 amide bonds. The van der Waals surface area contributed by atoms with Gasteiger partial charge in [0.1, 0.15) is 10.6 Å². The second kappa shape index (κ2) is 8.77. The summed E-state index contributed by atoms with van der Waals surface area (Å²) in [6, 6.07) is 1.67. The molecule has 158 valence electrons. The van der Waals surface area contributed by atoms with E-state index in [1.54, 1.807) is 35.0 Å². The molecule has 0 fully saturated rings. The van der Waals surface area contributed by atoms with Crippen molar-refractivity contribution in [3.63, 3.8) is 0 Å². The first-order chi connectivity index (χ1) is 14.5. The minimum atomic E-state index is -0.157. The number of hydrogen-bond donors (Lipinski definition) is 1. The van der Waals surface area contributed by atoms with Gasteiger partial charge in [-0.05, 0) is 37.7 Å². The van der Waals surface area contributed by atoms with Gasteiger partial charge in [0, 0.05) is 29.7 Å². The third kappa shape index (κ3) is 4.22. The van der Waals surface area contributed by atoms with Crippen molar-refractivity contribution in [3.8, 4) is 0 Å². The number of nitrogens with one attached hydrogen (secondary N) is 1. The SMILES string of the molecule is C=CCn1c(SCCC(=O)Nc2cc(C)on2)nc2sc3c(c2c1=O)CCC(C)C3. The Morgan fingerprint density at radius 2 is 2.37 bits per heavy atom. The molecule has 0 saturated heterocycles. The fraction of sp³-hybridized carbons (Fsp3) is 0.429. The molecule has 0 saturated carbocycles. The largest absolute Gasteiger partial charge is 0.360 e. The van der Waals surface area contributed by atoms with E-state index in [4.69, 9.17) is 9.51 Å². The number of carbonyl (C=O) groups excluding carboxylic acids is 1. The molecule has 1 atom stereocenters. The summed E-state index contributed by atoms with van der Waals surface area (Å²) in [4.78, 5) is 32.3. The molecule has 1 unspecified atom stereocenters. The lowest BCUT2D eigenvalue weighted by Crippen LogP contribution is -2.23. The summed E-state index contributed by atoms with van der Waals surface area (Å²) in [6.07, 6.45) is 5.05. The van der Waals surface area contributed by atoms with Gasteiger partial charge in [-0.15, -0.1) is 17.9 Å². The Morgan fingerprint density at radius 3 is 3.10 bits per heavy atom. The van der Waals surface area contributed by atoms with Crippen molar-refractivity contribution in [2.24, 2.45) is 5.92 Å². The van der Waals surface area contributed by atoms with E-state index in [9.17, 15) is 9.59 Å². The van der Waals surface area contributed by atoms with E-state index in [2.05, 4.69) is 24.0 Å². The molecule has 1 aliphatic carbocycles. The molecule has 0 bridgehead atoms. The van der Waals surface area contributed by atoms with Gasteiger partial charge in [-0.3, -0.25) is 14.2 Å². The van der Waals surface area contributed by atoms with Gasteiger partial charge in [0.25, 0.3) is 5.56 Å². The molecule has 9 heteroatoms. The van der Waals surface area contributed by atoms with Crippen LogP contribution >= 0.6 is 23.1 Å². The zero-order valence-electron chi connectivity index (χ0n) is 17.1. The number of amides is 1. The minimum Gasteiger partial charge on any atom is -0.360 e. The maximum atomic E-state index is 13.3. The first kappa shape index (κ1) is 20.9. The number of rotatable bonds is 7. The predicted octanol–water partition coefficient (Wildman–Crippen LogP) is 4.19. The third-order valence-electron chi connectivity index (χ3n) is 5.15. The highest BCUT2D eigenvalue weighted by Crippen LogP contribution is 2.36. The first-order valence-corrected chi connectivity index (χ1v) is 11.8. The molecule has 0 aliphatic heterocycles. The molecule has 4 rings (SSSR count). The first-order valence-electron chi connectivity index (χ1n) is 9.98. The van der Waals surface area contributed by atoms with Crippen LogP contribution in [0.1, 0.15) is 36.0 Å². The Balaban J connectivity index is 1.54. The lowest BCUT2D eigenvalue weighted by atomic mass is 9.89. The number of hydrogen-bond acceptors (Lipinski definition) is 7. The zero-order valence-corrected chi connectivity index (χ0v) is 18.7. The van der Waals surface area contributed by atoms with Crippen molar-refractivity contribution >= 4 is 45.0 Å². The fourth-order valence-electron chi connectivity index (χ4n) is 3.67. The van der Waals surface area contributed by atoms with Crippen LogP contribution in [0.15, 0.2) is 33.2 Å². The molecule has 30 heavy (non-hydrogen) atoms. The van der Waals surface area contributed by atoms with E-state index in [0.29, 0.717) is 35.0 Å². The number of thioether (sulfide) groups is 1. The third-order valence-corrected chi connectivity index (χ3v) is 7.27. The monoisotopic (exact) mass is 444 g/mol. The Hall–Kier alpha value is -2.39. The molecule has 3 aromatic heterocycles. The maximum absolute atomic E-state index is 13.3. The van der Waals surface area contributed by atoms with Crippen LogP contribution in [0.3, 0.4) is 0 Å². The van der Waals surface area contributed by atoms with Crippen LogP contribution in [0.25, 0.3) is 10.2 Å². The number of thiophene rings is 1. The number of aromatic nitrogens is 3. The summed E-state index contributed by atoms with van der Waals surface area (Å²) in [5.74, 6) is 2.03. The van der Waals surface area contributed by atoms with Crippen molar-refractivity contribution < 1.29 is 9.32 Å². The minimum absolute atomic E-state index is 0.00280. The van der Waals surface area contributed by atoms with Gasteiger partial charge in [0.05, 0.1) is 5.39 Å². The highest BCUT2D eigenvalue weighted by molar-refractivity contribution is 7.99. The van der Waals surface area contributed by atoms with E-state index in [1.165, 1.54) is 22.2 Å². The Bertz CT molecular complexity index is 1160. The fourth-order valence-corrected chi connectivity index (χ4v) is 6.04. The highest BCUT2D eigenvalue weighted by Gasteiger charge is 2.24. The Morgan fingerprint density at radius 1 is 1.53 bits per heavy atom. The van der Waals surface area contributed by atoms with Crippen molar-refractivity contribution in [2.45, 2.75) is 51.2 Å². The lowest BCUT2D eigenvalue weighted by molar-refractivity contribution is -0.115. The van der Waals surface area contributed by atoms with Crippen LogP contribution in [-0.2, 0) is 24.2 Å². The molecule has 3 heterocycles. The van der Waals surface area contributed by atoms with E-state index in [-0.39, 0.29) is 17.9 Å². The summed E-state index contributed by atoms with van der Waals surface area (Å²) in [5.41, 5.74) is 1.18. The van der Waals surface area contributed by atoms with Gasteiger partial charge in [-0.2, -0.15) is 0 Å². The summed E-state index contributed by atoms with van der Waals surface area (Å²) < 4.78 is 6.62. The summed E-state index contributed by atoms with van der Waals surface area (Å²) in [5, 5.41) is 7.87. The normalized spacial score (nSPS) is 15.9. The molecule has 7 nitrogen and oxygen atoms in total. The highest BCUT2D eigenvalue weighted by atomic mass is 32.2. The number of aryl methyl sites for hydroxylation is 2. The van der Waals surface area contributed by atoms with Crippen LogP contribution < -0.4 is 10.9 Å². The molecular formula is C21H24N4O3S2. The van der Waals surface area contributed by atoms with Crippen LogP contribution in [0.5, 0.6) is 0 Å². The number of anilines is 1. The Kier molecular flexibility index (Phi) is 6.10. The number of fused-ring (bicyclic) bond motifs is 3. The van der Waals surface area contributed by atoms with Crippen LogP contribution in [-0.4, -0.2) is 26.4 Å². The zero-order chi connectivity index (χ0) is 21.3. The summed E-state index contributed by atoms with van der Waals surface area (Å²) in [7, 11) is 0. The number of nitrogens with zero attached hydrogens (tertiary/aromatic N) is 3.